The summed E-state index contributed by atoms with van der Waals surface area (Å²) >= 11 is 0. The van der Waals surface area contributed by atoms with Crippen LogP contribution in [0.25, 0.3) is 0 Å². The lowest BCUT2D eigenvalue weighted by Crippen LogP contribution is -2.48. The Labute approximate surface area is 176 Å². The molecule has 6 nitrogen and oxygen atoms in total. The summed E-state index contributed by atoms with van der Waals surface area (Å²) < 4.78 is 40.3. The first kappa shape index (κ1) is 24.0. The fourth-order valence-corrected chi connectivity index (χ4v) is 3.19. The highest BCUT2D eigenvalue weighted by atomic mass is 127. The van der Waals surface area contributed by atoms with Gasteiger partial charge in [-0.2, -0.15) is 18.3 Å². The van der Waals surface area contributed by atoms with Crippen molar-refractivity contribution in [3.8, 4) is 0 Å². The third-order valence-corrected chi connectivity index (χ3v) is 4.39. The summed E-state index contributed by atoms with van der Waals surface area (Å²) in [5.41, 5.74) is -0.789. The van der Waals surface area contributed by atoms with E-state index in [2.05, 4.69) is 32.5 Å². The Morgan fingerprint density at radius 2 is 1.96 bits per heavy atom. The smallest absolute Gasteiger partial charge is 0.357 e. The van der Waals surface area contributed by atoms with Crippen LogP contribution >= 0.6 is 24.0 Å². The fraction of sp³-hybridized carbons (Fsp3) is 0.765. The predicted octanol–water partition coefficient (Wildman–Crippen LogP) is 2.99. The summed E-state index contributed by atoms with van der Waals surface area (Å²) in [6, 6.07) is 0.289. The number of halogens is 4. The molecule has 0 spiro atoms. The molecule has 156 valence electrons. The molecular weight excluding hydrogens is 472 g/mol. The summed E-state index contributed by atoms with van der Waals surface area (Å²) in [4.78, 5) is 6.79. The number of guanidine groups is 1. The van der Waals surface area contributed by atoms with Crippen molar-refractivity contribution in [1.29, 1.82) is 0 Å². The van der Waals surface area contributed by atoms with E-state index in [9.17, 15) is 13.2 Å². The maximum Gasteiger partial charge on any atom is 0.435 e. The number of rotatable bonds is 6. The Kier molecular flexibility index (Phi) is 9.85. The fourth-order valence-electron chi connectivity index (χ4n) is 3.19. The normalized spacial score (nSPS) is 16.9. The molecule has 0 atom stereocenters. The van der Waals surface area contributed by atoms with Crippen LogP contribution in [0.5, 0.6) is 0 Å². The van der Waals surface area contributed by atoms with Gasteiger partial charge in [0.05, 0.1) is 6.54 Å². The highest BCUT2D eigenvalue weighted by Gasteiger charge is 2.36. The van der Waals surface area contributed by atoms with Gasteiger partial charge >= 0.3 is 6.18 Å². The van der Waals surface area contributed by atoms with Crippen molar-refractivity contribution in [3.63, 3.8) is 0 Å². The van der Waals surface area contributed by atoms with Crippen molar-refractivity contribution in [3.05, 3.63) is 17.5 Å². The first-order valence-electron chi connectivity index (χ1n) is 9.20. The minimum absolute atomic E-state index is 0. The molecule has 0 bridgehead atoms. The van der Waals surface area contributed by atoms with Crippen LogP contribution in [0.1, 0.15) is 44.4 Å². The van der Waals surface area contributed by atoms with E-state index in [0.717, 1.165) is 38.9 Å². The van der Waals surface area contributed by atoms with Crippen molar-refractivity contribution >= 4 is 29.9 Å². The molecule has 1 fully saturated rings. The zero-order chi connectivity index (χ0) is 19.2. The average molecular weight is 502 g/mol. The quantitative estimate of drug-likeness (QED) is 0.357. The second kappa shape index (κ2) is 11.1. The monoisotopic (exact) mass is 502 g/mol. The summed E-state index contributed by atoms with van der Waals surface area (Å²) in [6.07, 6.45) is 0.0637. The molecule has 0 aromatic carbocycles. The second-order valence-corrected chi connectivity index (χ2v) is 6.63. The molecule has 0 aliphatic carbocycles. The van der Waals surface area contributed by atoms with Gasteiger partial charge in [0.25, 0.3) is 0 Å². The van der Waals surface area contributed by atoms with E-state index >= 15 is 0 Å². The Balaban J connectivity index is 0.00000364. The van der Waals surface area contributed by atoms with Crippen molar-refractivity contribution < 1.29 is 13.2 Å². The molecule has 10 heteroatoms. The minimum Gasteiger partial charge on any atom is -0.357 e. The molecule has 0 unspecified atom stereocenters. The molecule has 2 rings (SSSR count). The molecule has 1 aromatic rings. The summed E-state index contributed by atoms with van der Waals surface area (Å²) in [5.74, 6) is 0.554. The Hall–Kier alpha value is -1.04. The second-order valence-electron chi connectivity index (χ2n) is 6.63. The summed E-state index contributed by atoms with van der Waals surface area (Å²) in [7, 11) is 1.48. The van der Waals surface area contributed by atoms with E-state index in [0.29, 0.717) is 12.5 Å². The van der Waals surface area contributed by atoms with Gasteiger partial charge in [0.2, 0.25) is 0 Å². The van der Waals surface area contributed by atoms with Gasteiger partial charge in [0, 0.05) is 44.5 Å². The number of piperidine rings is 1. The lowest BCUT2D eigenvalue weighted by molar-refractivity contribution is -0.142. The van der Waals surface area contributed by atoms with Gasteiger partial charge in [-0.1, -0.05) is 6.92 Å². The predicted molar refractivity (Wildman–Crippen MR) is 111 cm³/mol. The molecule has 2 heterocycles. The Morgan fingerprint density at radius 1 is 1.30 bits per heavy atom. The summed E-state index contributed by atoms with van der Waals surface area (Å²) in [5, 5.41) is 10.0. The molecule has 1 aliphatic heterocycles. The Bertz CT molecular complexity index is 594. The standard InChI is InChI=1S/C17H29F3N6.HI/c1-4-8-26-9-6-14(7-10-26)23-16(21-5-2)22-11-13-12-25(3)24-15(13)17(18,19)20;/h12,14H,4-11H2,1-3H3,(H2,21,22,23);1H. The number of likely N-dealkylation sites (tertiary alicyclic amines) is 1. The maximum absolute atomic E-state index is 13.0. The van der Waals surface area contributed by atoms with E-state index in [1.807, 2.05) is 6.92 Å². The minimum atomic E-state index is -4.47. The number of nitrogens with one attached hydrogen (secondary N) is 2. The van der Waals surface area contributed by atoms with Crippen LogP contribution in [0.4, 0.5) is 13.2 Å². The lowest BCUT2D eigenvalue weighted by atomic mass is 10.1. The van der Waals surface area contributed by atoms with Crippen LogP contribution in [-0.2, 0) is 19.8 Å². The Morgan fingerprint density at radius 3 is 2.52 bits per heavy atom. The van der Waals surface area contributed by atoms with Crippen LogP contribution in [0, 0.1) is 0 Å². The van der Waals surface area contributed by atoms with Gasteiger partial charge in [-0.3, -0.25) is 4.68 Å². The van der Waals surface area contributed by atoms with Crippen molar-refractivity contribution in [2.75, 3.05) is 26.2 Å². The van der Waals surface area contributed by atoms with Crippen molar-refractivity contribution in [1.82, 2.24) is 25.3 Å². The third-order valence-electron chi connectivity index (χ3n) is 4.39. The van der Waals surface area contributed by atoms with Crippen molar-refractivity contribution in [2.24, 2.45) is 12.0 Å². The van der Waals surface area contributed by atoms with E-state index in [4.69, 9.17) is 0 Å². The zero-order valence-corrected chi connectivity index (χ0v) is 18.5. The van der Waals surface area contributed by atoms with Gasteiger partial charge in [-0.15, -0.1) is 24.0 Å². The van der Waals surface area contributed by atoms with Gasteiger partial charge in [-0.05, 0) is 32.7 Å². The van der Waals surface area contributed by atoms with Gasteiger partial charge in [-0.25, -0.2) is 4.99 Å². The first-order valence-corrected chi connectivity index (χ1v) is 9.20. The summed E-state index contributed by atoms with van der Waals surface area (Å²) in [6.45, 7) is 7.88. The lowest BCUT2D eigenvalue weighted by Gasteiger charge is -2.32. The topological polar surface area (TPSA) is 57.5 Å². The van der Waals surface area contributed by atoms with E-state index in [1.165, 1.54) is 17.9 Å². The molecule has 27 heavy (non-hydrogen) atoms. The molecule has 1 aliphatic rings. The van der Waals surface area contributed by atoms with Crippen LogP contribution in [0.2, 0.25) is 0 Å². The SMILES string of the molecule is CCCN1CCC(NC(=NCc2cn(C)nc2C(F)(F)F)NCC)CC1.I. The number of aryl methyl sites for hydroxylation is 1. The number of hydrogen-bond acceptors (Lipinski definition) is 3. The van der Waals surface area contributed by atoms with Crippen LogP contribution in [0.15, 0.2) is 11.2 Å². The van der Waals surface area contributed by atoms with E-state index in [1.54, 1.807) is 0 Å². The van der Waals surface area contributed by atoms with Crippen LogP contribution < -0.4 is 10.6 Å². The van der Waals surface area contributed by atoms with Crippen LogP contribution in [0.3, 0.4) is 0 Å². The molecular formula is C17H30F3IN6. The molecule has 0 amide bonds. The molecule has 1 aromatic heterocycles. The average Bonchev–Trinajstić information content (AvgIpc) is 2.96. The van der Waals surface area contributed by atoms with Gasteiger partial charge in [0.15, 0.2) is 11.7 Å². The molecule has 0 radical (unpaired) electrons. The van der Waals surface area contributed by atoms with Gasteiger partial charge in [0.1, 0.15) is 0 Å². The van der Waals surface area contributed by atoms with E-state index < -0.39 is 11.9 Å². The van der Waals surface area contributed by atoms with Crippen molar-refractivity contribution in [2.45, 2.75) is 51.9 Å². The number of aromatic nitrogens is 2. The maximum atomic E-state index is 13.0. The van der Waals surface area contributed by atoms with Crippen LogP contribution in [-0.4, -0.2) is 52.9 Å². The first-order chi connectivity index (χ1) is 12.3. The number of hydrogen-bond donors (Lipinski definition) is 2. The molecule has 0 saturated carbocycles. The van der Waals surface area contributed by atoms with Gasteiger partial charge < -0.3 is 15.5 Å². The molecule has 1 saturated heterocycles. The highest BCUT2D eigenvalue weighted by Crippen LogP contribution is 2.30. The zero-order valence-electron chi connectivity index (χ0n) is 16.1. The van der Waals surface area contributed by atoms with E-state index in [-0.39, 0.29) is 42.1 Å². The molecule has 2 N–H and O–H groups in total. The number of nitrogens with zero attached hydrogens (tertiary/aromatic N) is 4. The highest BCUT2D eigenvalue weighted by molar-refractivity contribution is 14.0. The largest absolute Gasteiger partial charge is 0.435 e. The number of aliphatic imine (C=N–C) groups is 1. The third kappa shape index (κ3) is 7.47. The number of alkyl halides is 3.